The van der Waals surface area contributed by atoms with E-state index in [4.69, 9.17) is 4.74 Å². The largest absolute Gasteiger partial charge is 0.496 e. The van der Waals surface area contributed by atoms with Crippen molar-refractivity contribution in [2.75, 3.05) is 13.7 Å². The van der Waals surface area contributed by atoms with Crippen LogP contribution in [0.4, 0.5) is 4.79 Å². The number of nitrogens with one attached hydrogen (secondary N) is 1. The molecule has 1 aromatic carbocycles. The Morgan fingerprint density at radius 1 is 1.24 bits per heavy atom. The lowest BCUT2D eigenvalue weighted by Crippen LogP contribution is -2.48. The average molecular weight is 339 g/mol. The molecule has 0 saturated carbocycles. The van der Waals surface area contributed by atoms with Crippen LogP contribution >= 0.6 is 0 Å². The van der Waals surface area contributed by atoms with E-state index in [1.807, 2.05) is 47.4 Å². The Balaban J connectivity index is 1.91. The lowest BCUT2D eigenvalue weighted by molar-refractivity contribution is 0.156. The van der Waals surface area contributed by atoms with Gasteiger partial charge in [0.1, 0.15) is 11.8 Å². The van der Waals surface area contributed by atoms with Crippen LogP contribution in [0, 0.1) is 0 Å². The Morgan fingerprint density at radius 2 is 2.04 bits per heavy atom. The summed E-state index contributed by atoms with van der Waals surface area (Å²) in [6.45, 7) is 2.91. The van der Waals surface area contributed by atoms with Crippen molar-refractivity contribution in [3.8, 4) is 5.75 Å². The third-order valence-electron chi connectivity index (χ3n) is 4.77. The quantitative estimate of drug-likeness (QED) is 0.923. The van der Waals surface area contributed by atoms with Gasteiger partial charge in [0.05, 0.1) is 12.8 Å². The summed E-state index contributed by atoms with van der Waals surface area (Å²) in [4.78, 5) is 19.3. The molecule has 1 fully saturated rings. The molecule has 1 aliphatic heterocycles. The second-order valence-corrected chi connectivity index (χ2v) is 6.42. The van der Waals surface area contributed by atoms with Gasteiger partial charge in [-0.2, -0.15) is 0 Å². The third kappa shape index (κ3) is 3.92. The first-order chi connectivity index (χ1) is 12.2. The highest BCUT2D eigenvalue weighted by molar-refractivity contribution is 5.76. The van der Waals surface area contributed by atoms with Gasteiger partial charge in [0.25, 0.3) is 0 Å². The summed E-state index contributed by atoms with van der Waals surface area (Å²) in [6.07, 6.45) is 5.03. The normalized spacial score (nSPS) is 18.5. The highest BCUT2D eigenvalue weighted by Crippen LogP contribution is 2.29. The molecule has 2 atom stereocenters. The number of piperidine rings is 1. The van der Waals surface area contributed by atoms with E-state index in [0.29, 0.717) is 0 Å². The second kappa shape index (κ2) is 8.01. The predicted molar refractivity (Wildman–Crippen MR) is 97.6 cm³/mol. The number of nitrogens with zero attached hydrogens (tertiary/aromatic N) is 2. The fraction of sp³-hybridized carbons (Fsp3) is 0.400. The number of urea groups is 1. The van der Waals surface area contributed by atoms with E-state index in [-0.39, 0.29) is 18.1 Å². The van der Waals surface area contributed by atoms with Crippen molar-refractivity contribution >= 4 is 6.03 Å². The number of methoxy groups -OCH3 is 1. The molecule has 2 amide bonds. The molecule has 1 aliphatic rings. The summed E-state index contributed by atoms with van der Waals surface area (Å²) in [5, 5.41) is 3.17. The number of benzene rings is 1. The van der Waals surface area contributed by atoms with Crippen molar-refractivity contribution in [3.63, 3.8) is 0 Å². The topological polar surface area (TPSA) is 54.5 Å². The van der Waals surface area contributed by atoms with Gasteiger partial charge in [-0.3, -0.25) is 4.98 Å². The van der Waals surface area contributed by atoms with Gasteiger partial charge >= 0.3 is 6.03 Å². The van der Waals surface area contributed by atoms with Crippen LogP contribution < -0.4 is 10.1 Å². The molecule has 0 bridgehead atoms. The maximum absolute atomic E-state index is 12.9. The van der Waals surface area contributed by atoms with E-state index in [1.165, 1.54) is 6.42 Å². The summed E-state index contributed by atoms with van der Waals surface area (Å²) >= 11 is 0. The number of hydrogen-bond donors (Lipinski definition) is 1. The van der Waals surface area contributed by atoms with Crippen LogP contribution in [-0.2, 0) is 0 Å². The Morgan fingerprint density at radius 3 is 2.76 bits per heavy atom. The summed E-state index contributed by atoms with van der Waals surface area (Å²) in [5.41, 5.74) is 1.70. The molecule has 1 aromatic heterocycles. The van der Waals surface area contributed by atoms with E-state index < -0.39 is 0 Å². The zero-order chi connectivity index (χ0) is 17.6. The van der Waals surface area contributed by atoms with E-state index in [2.05, 4.69) is 17.2 Å². The van der Waals surface area contributed by atoms with E-state index in [0.717, 1.165) is 36.4 Å². The van der Waals surface area contributed by atoms with Crippen LogP contribution in [-0.4, -0.2) is 35.6 Å². The number of ether oxygens (including phenoxy) is 1. The van der Waals surface area contributed by atoms with Crippen LogP contribution in [0.25, 0.3) is 0 Å². The molecule has 0 radical (unpaired) electrons. The SMILES string of the molecule is COc1ccccc1[C@H](NC(=O)N1CCCC[C@@H]1C)c1ccccn1. The summed E-state index contributed by atoms with van der Waals surface area (Å²) in [6, 6.07) is 13.3. The van der Waals surface area contributed by atoms with Crippen molar-refractivity contribution in [1.29, 1.82) is 0 Å². The van der Waals surface area contributed by atoms with Crippen molar-refractivity contribution in [1.82, 2.24) is 15.2 Å². The van der Waals surface area contributed by atoms with Crippen LogP contribution in [0.2, 0.25) is 0 Å². The lowest BCUT2D eigenvalue weighted by atomic mass is 10.0. The standard InChI is InChI=1S/C20H25N3O2/c1-15-9-6-8-14-23(15)20(24)22-19(17-11-5-7-13-21-17)16-10-3-4-12-18(16)25-2/h3-5,7,10-13,15,19H,6,8-9,14H2,1-2H3,(H,22,24)/t15-,19-/m0/s1. The fourth-order valence-corrected chi connectivity index (χ4v) is 3.37. The van der Waals surface area contributed by atoms with Gasteiger partial charge < -0.3 is 15.0 Å². The number of rotatable bonds is 4. The smallest absolute Gasteiger partial charge is 0.318 e. The number of carbonyl (C=O) groups excluding carboxylic acids is 1. The molecule has 0 spiro atoms. The van der Waals surface area contributed by atoms with Crippen molar-refractivity contribution in [2.24, 2.45) is 0 Å². The molecule has 1 saturated heterocycles. The zero-order valence-corrected chi connectivity index (χ0v) is 14.8. The molecule has 1 N–H and O–H groups in total. The van der Waals surface area contributed by atoms with Gasteiger partial charge in [-0.05, 0) is 44.4 Å². The number of pyridine rings is 1. The highest BCUT2D eigenvalue weighted by atomic mass is 16.5. The molecule has 3 rings (SSSR count). The van der Waals surface area contributed by atoms with Gasteiger partial charge in [0, 0.05) is 24.3 Å². The Hall–Kier alpha value is -2.56. The van der Waals surface area contributed by atoms with Gasteiger partial charge in [-0.1, -0.05) is 24.3 Å². The highest BCUT2D eigenvalue weighted by Gasteiger charge is 2.27. The average Bonchev–Trinajstić information content (AvgIpc) is 2.67. The van der Waals surface area contributed by atoms with Gasteiger partial charge in [-0.15, -0.1) is 0 Å². The van der Waals surface area contributed by atoms with Gasteiger partial charge in [0.15, 0.2) is 0 Å². The molecule has 2 aromatic rings. The van der Waals surface area contributed by atoms with Crippen molar-refractivity contribution < 1.29 is 9.53 Å². The Labute approximate surface area is 149 Å². The summed E-state index contributed by atoms with van der Waals surface area (Å²) < 4.78 is 5.50. The second-order valence-electron chi connectivity index (χ2n) is 6.42. The molecular formula is C20H25N3O2. The molecule has 0 unspecified atom stereocenters. The van der Waals surface area contributed by atoms with Gasteiger partial charge in [-0.25, -0.2) is 4.79 Å². The van der Waals surface area contributed by atoms with E-state index >= 15 is 0 Å². The van der Waals surface area contributed by atoms with E-state index in [1.54, 1.807) is 13.3 Å². The monoisotopic (exact) mass is 339 g/mol. The Kier molecular flexibility index (Phi) is 5.53. The Bertz CT molecular complexity index is 705. The molecule has 132 valence electrons. The van der Waals surface area contributed by atoms with Crippen LogP contribution in [0.15, 0.2) is 48.7 Å². The van der Waals surface area contributed by atoms with Gasteiger partial charge in [0.2, 0.25) is 0 Å². The van der Waals surface area contributed by atoms with Crippen molar-refractivity contribution in [2.45, 2.75) is 38.3 Å². The minimum absolute atomic E-state index is 0.0474. The maximum atomic E-state index is 12.9. The molecule has 0 aliphatic carbocycles. The first-order valence-corrected chi connectivity index (χ1v) is 8.81. The minimum Gasteiger partial charge on any atom is -0.496 e. The lowest BCUT2D eigenvalue weighted by Gasteiger charge is -2.34. The number of carbonyl (C=O) groups is 1. The third-order valence-corrected chi connectivity index (χ3v) is 4.77. The van der Waals surface area contributed by atoms with Crippen LogP contribution in [0.5, 0.6) is 5.75 Å². The summed E-state index contributed by atoms with van der Waals surface area (Å²) in [7, 11) is 1.64. The zero-order valence-electron chi connectivity index (χ0n) is 14.8. The predicted octanol–water partition coefficient (Wildman–Crippen LogP) is 3.76. The van der Waals surface area contributed by atoms with Crippen molar-refractivity contribution in [3.05, 3.63) is 59.9 Å². The first kappa shape index (κ1) is 17.3. The van der Waals surface area contributed by atoms with Crippen LogP contribution in [0.3, 0.4) is 0 Å². The number of hydrogen-bond acceptors (Lipinski definition) is 3. The molecule has 2 heterocycles. The van der Waals surface area contributed by atoms with E-state index in [9.17, 15) is 4.79 Å². The number of amides is 2. The van der Waals surface area contributed by atoms with Crippen LogP contribution in [0.1, 0.15) is 43.5 Å². The molecule has 5 nitrogen and oxygen atoms in total. The maximum Gasteiger partial charge on any atom is 0.318 e. The fourth-order valence-electron chi connectivity index (χ4n) is 3.37. The number of aromatic nitrogens is 1. The molecular weight excluding hydrogens is 314 g/mol. The summed E-state index contributed by atoms with van der Waals surface area (Å²) in [5.74, 6) is 0.741. The number of likely N-dealkylation sites (tertiary alicyclic amines) is 1. The molecule has 25 heavy (non-hydrogen) atoms. The molecule has 5 heteroatoms. The first-order valence-electron chi connectivity index (χ1n) is 8.81. The minimum atomic E-state index is -0.348. The number of para-hydroxylation sites is 1.